The van der Waals surface area contributed by atoms with Gasteiger partial charge in [0.2, 0.25) is 8.32 Å². The second-order valence-electron chi connectivity index (χ2n) is 7.08. The average molecular weight is 226 g/mol. The van der Waals surface area contributed by atoms with Crippen molar-refractivity contribution >= 4 is 8.32 Å². The predicted molar refractivity (Wildman–Crippen MR) is 69.4 cm³/mol. The van der Waals surface area contributed by atoms with Crippen molar-refractivity contribution in [3.8, 4) is 0 Å². The smallest absolute Gasteiger partial charge is 0.250 e. The first-order chi connectivity index (χ1) is 6.54. The Bertz CT molecular complexity index is 269. The van der Waals surface area contributed by atoms with Crippen LogP contribution in [0.5, 0.6) is 0 Å². The van der Waals surface area contributed by atoms with Crippen LogP contribution in [0.15, 0.2) is 11.8 Å². The fraction of sp³-hybridized carbons (Fsp3) is 0.846. The van der Waals surface area contributed by atoms with Crippen molar-refractivity contribution in [3.63, 3.8) is 0 Å². The molecule has 15 heavy (non-hydrogen) atoms. The van der Waals surface area contributed by atoms with Crippen LogP contribution in [-0.4, -0.2) is 8.32 Å². The molecule has 0 saturated carbocycles. The highest BCUT2D eigenvalue weighted by molar-refractivity contribution is 6.74. The molecule has 0 aliphatic heterocycles. The highest BCUT2D eigenvalue weighted by atomic mass is 28.4. The second-order valence-corrected chi connectivity index (χ2v) is 11.8. The minimum absolute atomic E-state index is 0.306. The minimum atomic E-state index is -1.60. The van der Waals surface area contributed by atoms with Gasteiger partial charge >= 0.3 is 0 Å². The number of rotatable bonds is 2. The van der Waals surface area contributed by atoms with E-state index in [1.807, 2.05) is 0 Å². The van der Waals surface area contributed by atoms with Crippen LogP contribution < -0.4 is 0 Å². The maximum Gasteiger partial charge on any atom is 0.250 e. The van der Waals surface area contributed by atoms with E-state index in [0.717, 1.165) is 12.8 Å². The normalized spacial score (nSPS) is 21.4. The summed E-state index contributed by atoms with van der Waals surface area (Å²) < 4.78 is 6.30. The van der Waals surface area contributed by atoms with Gasteiger partial charge in [-0.05, 0) is 36.0 Å². The maximum atomic E-state index is 6.30. The van der Waals surface area contributed by atoms with Gasteiger partial charge in [-0.15, -0.1) is 0 Å². The fourth-order valence-corrected chi connectivity index (χ4v) is 2.68. The van der Waals surface area contributed by atoms with Gasteiger partial charge in [-0.1, -0.05) is 34.6 Å². The van der Waals surface area contributed by atoms with Gasteiger partial charge in [0.05, 0.1) is 5.76 Å². The third kappa shape index (κ3) is 3.10. The molecule has 0 N–H and O–H groups in total. The number of hydrogen-bond donors (Lipinski definition) is 0. The Kier molecular flexibility index (Phi) is 3.12. The molecule has 0 radical (unpaired) electrons. The SMILES string of the molecule is CC1(C)CC=C(O[Si](C)(C)C(C)(C)C)C1. The van der Waals surface area contributed by atoms with E-state index in [1.165, 1.54) is 5.76 Å². The van der Waals surface area contributed by atoms with Crippen molar-refractivity contribution in [2.45, 2.75) is 65.6 Å². The first kappa shape index (κ1) is 12.8. The number of hydrogen-bond acceptors (Lipinski definition) is 1. The van der Waals surface area contributed by atoms with Crippen LogP contribution in [0.1, 0.15) is 47.5 Å². The molecular weight excluding hydrogens is 200 g/mol. The zero-order valence-electron chi connectivity index (χ0n) is 11.4. The Morgan fingerprint density at radius 1 is 1.27 bits per heavy atom. The molecule has 0 bridgehead atoms. The van der Waals surface area contributed by atoms with Crippen molar-refractivity contribution < 1.29 is 4.43 Å². The lowest BCUT2D eigenvalue weighted by Crippen LogP contribution is -2.40. The van der Waals surface area contributed by atoms with Crippen LogP contribution in [-0.2, 0) is 4.43 Å². The minimum Gasteiger partial charge on any atom is -0.547 e. The quantitative estimate of drug-likeness (QED) is 0.619. The predicted octanol–water partition coefficient (Wildman–Crippen LogP) is 4.71. The molecule has 1 nitrogen and oxygen atoms in total. The van der Waals surface area contributed by atoms with Crippen LogP contribution in [0.2, 0.25) is 18.1 Å². The van der Waals surface area contributed by atoms with Gasteiger partial charge in [-0.2, -0.15) is 0 Å². The lowest BCUT2D eigenvalue weighted by atomic mass is 9.91. The second kappa shape index (κ2) is 3.65. The molecule has 0 amide bonds. The van der Waals surface area contributed by atoms with E-state index in [-0.39, 0.29) is 0 Å². The molecular formula is C13H26OSi. The van der Waals surface area contributed by atoms with E-state index in [0.29, 0.717) is 10.5 Å². The van der Waals surface area contributed by atoms with Crippen molar-refractivity contribution in [2.24, 2.45) is 5.41 Å². The van der Waals surface area contributed by atoms with Crippen LogP contribution in [0, 0.1) is 5.41 Å². The zero-order valence-corrected chi connectivity index (χ0v) is 12.4. The van der Waals surface area contributed by atoms with Crippen molar-refractivity contribution in [2.75, 3.05) is 0 Å². The van der Waals surface area contributed by atoms with Gasteiger partial charge in [0, 0.05) is 6.42 Å². The summed E-state index contributed by atoms with van der Waals surface area (Å²) in [5, 5.41) is 0.306. The Morgan fingerprint density at radius 2 is 1.80 bits per heavy atom. The fourth-order valence-electron chi connectivity index (χ4n) is 1.56. The van der Waals surface area contributed by atoms with E-state index in [1.54, 1.807) is 0 Å². The summed E-state index contributed by atoms with van der Waals surface area (Å²) in [6.07, 6.45) is 4.57. The third-order valence-electron chi connectivity index (χ3n) is 3.73. The Hall–Kier alpha value is -0.243. The lowest BCUT2D eigenvalue weighted by Gasteiger charge is -2.37. The highest BCUT2D eigenvalue weighted by Crippen LogP contribution is 2.43. The van der Waals surface area contributed by atoms with Gasteiger partial charge in [-0.3, -0.25) is 0 Å². The van der Waals surface area contributed by atoms with Gasteiger partial charge in [0.15, 0.2) is 0 Å². The van der Waals surface area contributed by atoms with Gasteiger partial charge < -0.3 is 4.43 Å². The topological polar surface area (TPSA) is 9.23 Å². The molecule has 0 heterocycles. The summed E-state index contributed by atoms with van der Waals surface area (Å²) in [4.78, 5) is 0. The van der Waals surface area contributed by atoms with Crippen LogP contribution in [0.3, 0.4) is 0 Å². The Balaban J connectivity index is 2.65. The summed E-state index contributed by atoms with van der Waals surface area (Å²) in [6.45, 7) is 16.1. The molecule has 0 spiro atoms. The van der Waals surface area contributed by atoms with E-state index in [4.69, 9.17) is 4.43 Å². The molecule has 0 aromatic heterocycles. The van der Waals surface area contributed by atoms with Crippen LogP contribution in [0.4, 0.5) is 0 Å². The van der Waals surface area contributed by atoms with Gasteiger partial charge in [0.25, 0.3) is 0 Å². The van der Waals surface area contributed by atoms with Crippen molar-refractivity contribution in [1.82, 2.24) is 0 Å². The molecule has 0 saturated heterocycles. The Labute approximate surface area is 96.0 Å². The standard InChI is InChI=1S/C13H26OSi/c1-12(2,3)15(6,7)14-11-8-9-13(4,5)10-11/h8H,9-10H2,1-7H3. The maximum absolute atomic E-state index is 6.30. The molecule has 1 aliphatic carbocycles. The number of allylic oxidation sites excluding steroid dienone is 2. The van der Waals surface area contributed by atoms with E-state index in [2.05, 4.69) is 53.8 Å². The van der Waals surface area contributed by atoms with E-state index < -0.39 is 8.32 Å². The highest BCUT2D eigenvalue weighted by Gasteiger charge is 2.40. The third-order valence-corrected chi connectivity index (χ3v) is 8.11. The van der Waals surface area contributed by atoms with E-state index >= 15 is 0 Å². The molecule has 0 aromatic rings. The van der Waals surface area contributed by atoms with Crippen LogP contribution >= 0.6 is 0 Å². The van der Waals surface area contributed by atoms with Crippen LogP contribution in [0.25, 0.3) is 0 Å². The summed E-state index contributed by atoms with van der Waals surface area (Å²) in [5.74, 6) is 1.24. The molecule has 2 heteroatoms. The summed E-state index contributed by atoms with van der Waals surface area (Å²) in [7, 11) is -1.60. The molecule has 0 fully saturated rings. The average Bonchev–Trinajstić information content (AvgIpc) is 2.26. The molecule has 1 aliphatic rings. The van der Waals surface area contributed by atoms with Gasteiger partial charge in [0.1, 0.15) is 0 Å². The summed E-state index contributed by atoms with van der Waals surface area (Å²) in [5.41, 5.74) is 0.414. The van der Waals surface area contributed by atoms with E-state index in [9.17, 15) is 0 Å². The molecule has 1 rings (SSSR count). The van der Waals surface area contributed by atoms with Crippen molar-refractivity contribution in [1.29, 1.82) is 0 Å². The molecule has 0 atom stereocenters. The first-order valence-corrected chi connectivity index (χ1v) is 8.82. The monoisotopic (exact) mass is 226 g/mol. The Morgan fingerprint density at radius 3 is 2.13 bits per heavy atom. The first-order valence-electron chi connectivity index (χ1n) is 5.92. The lowest BCUT2D eigenvalue weighted by molar-refractivity contribution is 0.316. The molecule has 0 unspecified atom stereocenters. The molecule has 0 aromatic carbocycles. The molecule has 88 valence electrons. The van der Waals surface area contributed by atoms with Crippen molar-refractivity contribution in [3.05, 3.63) is 11.8 Å². The zero-order chi connectivity index (χ0) is 11.9. The largest absolute Gasteiger partial charge is 0.547 e. The van der Waals surface area contributed by atoms with Gasteiger partial charge in [-0.25, -0.2) is 0 Å². The summed E-state index contributed by atoms with van der Waals surface area (Å²) in [6, 6.07) is 0. The summed E-state index contributed by atoms with van der Waals surface area (Å²) >= 11 is 0.